The smallest absolute Gasteiger partial charge is 0.304 e. The van der Waals surface area contributed by atoms with Gasteiger partial charge in [0.2, 0.25) is 0 Å². The first kappa shape index (κ1) is 10.1. The number of carboxylic acid groups (broad SMARTS) is 1. The molecular weight excluding hydrogens is 188 g/mol. The Labute approximate surface area is 81.0 Å². The maximum Gasteiger partial charge on any atom is 0.304 e. The largest absolute Gasteiger partial charge is 0.481 e. The maximum atomic E-state index is 10.2. The molecule has 0 aliphatic rings. The van der Waals surface area contributed by atoms with Crippen molar-refractivity contribution in [3.05, 3.63) is 18.7 Å². The monoisotopic (exact) mass is 200 g/mol. The first-order valence-electron chi connectivity index (χ1n) is 4.04. The zero-order valence-electron chi connectivity index (χ0n) is 7.22. The molecule has 1 aromatic heterocycles. The lowest BCUT2D eigenvalue weighted by Gasteiger charge is -2.00. The van der Waals surface area contributed by atoms with Gasteiger partial charge in [-0.2, -0.15) is 11.8 Å². The van der Waals surface area contributed by atoms with Crippen molar-refractivity contribution in [1.82, 2.24) is 9.55 Å². The van der Waals surface area contributed by atoms with Crippen LogP contribution in [0, 0.1) is 0 Å². The van der Waals surface area contributed by atoms with Crippen LogP contribution in [-0.4, -0.2) is 32.1 Å². The van der Waals surface area contributed by atoms with Crippen LogP contribution in [-0.2, 0) is 11.3 Å². The van der Waals surface area contributed by atoms with E-state index in [9.17, 15) is 4.79 Å². The van der Waals surface area contributed by atoms with Crippen LogP contribution in [0.25, 0.3) is 0 Å². The van der Waals surface area contributed by atoms with Crippen LogP contribution < -0.4 is 0 Å². The lowest BCUT2D eigenvalue weighted by Crippen LogP contribution is -2.00. The fourth-order valence-electron chi connectivity index (χ4n) is 0.851. The van der Waals surface area contributed by atoms with E-state index < -0.39 is 5.97 Å². The Morgan fingerprint density at radius 2 is 2.38 bits per heavy atom. The molecular formula is C8H12N2O2S. The standard InChI is InChI=1S/C8H12N2O2S/c11-8(12)1-5-13-6-4-10-3-2-9-7-10/h2-3,7H,1,4-6H2,(H,11,12). The number of rotatable bonds is 6. The quantitative estimate of drug-likeness (QED) is 0.698. The maximum absolute atomic E-state index is 10.2. The molecule has 0 fully saturated rings. The Hall–Kier alpha value is -0.970. The topological polar surface area (TPSA) is 55.1 Å². The van der Waals surface area contributed by atoms with Gasteiger partial charge in [0.05, 0.1) is 12.7 Å². The van der Waals surface area contributed by atoms with Gasteiger partial charge in [-0.05, 0) is 0 Å². The molecule has 0 atom stereocenters. The number of carbonyl (C=O) groups is 1. The van der Waals surface area contributed by atoms with Crippen LogP contribution in [0.2, 0.25) is 0 Å². The lowest BCUT2D eigenvalue weighted by atomic mass is 10.5. The third kappa shape index (κ3) is 4.57. The molecule has 1 rings (SSSR count). The van der Waals surface area contributed by atoms with Crippen LogP contribution in [0.5, 0.6) is 0 Å². The Morgan fingerprint density at radius 3 is 3.00 bits per heavy atom. The van der Waals surface area contributed by atoms with E-state index in [0.717, 1.165) is 12.3 Å². The van der Waals surface area contributed by atoms with E-state index in [1.165, 1.54) is 0 Å². The first-order valence-corrected chi connectivity index (χ1v) is 5.20. The van der Waals surface area contributed by atoms with Gasteiger partial charge in [-0.1, -0.05) is 0 Å². The molecule has 0 bridgehead atoms. The Balaban J connectivity index is 1.99. The molecule has 0 spiro atoms. The minimum absolute atomic E-state index is 0.245. The summed E-state index contributed by atoms with van der Waals surface area (Å²) in [4.78, 5) is 14.1. The molecule has 0 unspecified atom stereocenters. The van der Waals surface area contributed by atoms with E-state index in [2.05, 4.69) is 4.98 Å². The van der Waals surface area contributed by atoms with E-state index in [-0.39, 0.29) is 6.42 Å². The van der Waals surface area contributed by atoms with Crippen LogP contribution in [0.4, 0.5) is 0 Å². The summed E-state index contributed by atoms with van der Waals surface area (Å²) in [7, 11) is 0. The fourth-order valence-corrected chi connectivity index (χ4v) is 1.71. The zero-order chi connectivity index (χ0) is 9.52. The number of imidazole rings is 1. The van der Waals surface area contributed by atoms with Gasteiger partial charge >= 0.3 is 5.97 Å². The van der Waals surface area contributed by atoms with Crippen molar-refractivity contribution in [3.63, 3.8) is 0 Å². The molecule has 0 aromatic carbocycles. The summed E-state index contributed by atoms with van der Waals surface area (Å²) in [6, 6.07) is 0. The Bertz CT molecular complexity index is 249. The molecule has 0 radical (unpaired) electrons. The summed E-state index contributed by atoms with van der Waals surface area (Å²) in [5.41, 5.74) is 0. The van der Waals surface area contributed by atoms with Crippen LogP contribution in [0.3, 0.4) is 0 Å². The highest BCUT2D eigenvalue weighted by molar-refractivity contribution is 7.99. The second-order valence-corrected chi connectivity index (χ2v) is 3.78. The van der Waals surface area contributed by atoms with Crippen molar-refractivity contribution in [2.45, 2.75) is 13.0 Å². The number of hydrogen-bond acceptors (Lipinski definition) is 3. The lowest BCUT2D eigenvalue weighted by molar-refractivity contribution is -0.136. The molecule has 0 saturated heterocycles. The van der Waals surface area contributed by atoms with E-state index in [1.54, 1.807) is 24.3 Å². The van der Waals surface area contributed by atoms with Crippen LogP contribution in [0.15, 0.2) is 18.7 Å². The summed E-state index contributed by atoms with van der Waals surface area (Å²) >= 11 is 1.65. The normalized spacial score (nSPS) is 10.2. The number of hydrogen-bond donors (Lipinski definition) is 1. The van der Waals surface area contributed by atoms with Gasteiger partial charge < -0.3 is 9.67 Å². The summed E-state index contributed by atoms with van der Waals surface area (Å²) in [6.45, 7) is 0.893. The number of carboxylic acids is 1. The second kappa shape index (κ2) is 5.64. The van der Waals surface area contributed by atoms with E-state index >= 15 is 0 Å². The number of nitrogens with zero attached hydrogens (tertiary/aromatic N) is 2. The number of aryl methyl sites for hydroxylation is 1. The highest BCUT2D eigenvalue weighted by Gasteiger charge is 1.96. The van der Waals surface area contributed by atoms with E-state index in [0.29, 0.717) is 5.75 Å². The fraction of sp³-hybridized carbons (Fsp3) is 0.500. The SMILES string of the molecule is O=C(O)CCSCCn1ccnc1. The average Bonchev–Trinajstić information content (AvgIpc) is 2.55. The van der Waals surface area contributed by atoms with Crippen molar-refractivity contribution in [3.8, 4) is 0 Å². The third-order valence-electron chi connectivity index (χ3n) is 1.51. The minimum atomic E-state index is -0.727. The molecule has 1 heterocycles. The van der Waals surface area contributed by atoms with E-state index in [1.807, 2.05) is 10.8 Å². The molecule has 0 aliphatic carbocycles. The van der Waals surface area contributed by atoms with Gasteiger partial charge in [-0.3, -0.25) is 4.79 Å². The van der Waals surface area contributed by atoms with Crippen LogP contribution >= 0.6 is 11.8 Å². The van der Waals surface area contributed by atoms with Crippen molar-refractivity contribution < 1.29 is 9.90 Å². The number of thioether (sulfide) groups is 1. The van der Waals surface area contributed by atoms with Crippen molar-refractivity contribution in [1.29, 1.82) is 0 Å². The van der Waals surface area contributed by atoms with Crippen LogP contribution in [0.1, 0.15) is 6.42 Å². The van der Waals surface area contributed by atoms with E-state index in [4.69, 9.17) is 5.11 Å². The third-order valence-corrected chi connectivity index (χ3v) is 2.48. The molecule has 0 saturated carbocycles. The first-order chi connectivity index (χ1) is 6.29. The summed E-state index contributed by atoms with van der Waals surface area (Å²) in [5.74, 6) is 0.892. The molecule has 5 heteroatoms. The van der Waals surface area contributed by atoms with Gasteiger partial charge in [0, 0.05) is 30.4 Å². The van der Waals surface area contributed by atoms with Crippen molar-refractivity contribution >= 4 is 17.7 Å². The summed E-state index contributed by atoms with van der Waals surface area (Å²) in [5, 5.41) is 8.37. The van der Waals surface area contributed by atoms with Gasteiger partial charge in [0.15, 0.2) is 0 Å². The predicted octanol–water partition coefficient (Wildman–Crippen LogP) is 1.09. The zero-order valence-corrected chi connectivity index (χ0v) is 8.04. The molecule has 13 heavy (non-hydrogen) atoms. The van der Waals surface area contributed by atoms with Crippen molar-refractivity contribution in [2.24, 2.45) is 0 Å². The van der Waals surface area contributed by atoms with Gasteiger partial charge in [0.1, 0.15) is 0 Å². The predicted molar refractivity (Wildman–Crippen MR) is 51.8 cm³/mol. The van der Waals surface area contributed by atoms with Gasteiger partial charge in [-0.15, -0.1) is 0 Å². The molecule has 0 amide bonds. The Kier molecular flexibility index (Phi) is 4.39. The highest BCUT2D eigenvalue weighted by atomic mass is 32.2. The molecule has 72 valence electrons. The number of aromatic nitrogens is 2. The Morgan fingerprint density at radius 1 is 1.54 bits per heavy atom. The average molecular weight is 200 g/mol. The molecule has 0 aliphatic heterocycles. The summed E-state index contributed by atoms with van der Waals surface area (Å²) in [6.07, 6.45) is 5.64. The second-order valence-electron chi connectivity index (χ2n) is 2.56. The summed E-state index contributed by atoms with van der Waals surface area (Å²) < 4.78 is 1.98. The molecule has 1 N–H and O–H groups in total. The van der Waals surface area contributed by atoms with Gasteiger partial charge in [0.25, 0.3) is 0 Å². The minimum Gasteiger partial charge on any atom is -0.481 e. The highest BCUT2D eigenvalue weighted by Crippen LogP contribution is 2.03. The molecule has 4 nitrogen and oxygen atoms in total. The number of aliphatic carboxylic acids is 1. The molecule has 1 aromatic rings. The van der Waals surface area contributed by atoms with Gasteiger partial charge in [-0.25, -0.2) is 4.98 Å². The van der Waals surface area contributed by atoms with Crippen molar-refractivity contribution in [2.75, 3.05) is 11.5 Å².